The van der Waals surface area contributed by atoms with Gasteiger partial charge in [0, 0.05) is 12.1 Å². The summed E-state index contributed by atoms with van der Waals surface area (Å²) in [6.07, 6.45) is -0.804. The van der Waals surface area contributed by atoms with Gasteiger partial charge >= 0.3 is 11.9 Å². The molecule has 10 nitrogen and oxygen atoms in total. The first-order chi connectivity index (χ1) is 9.29. The molecule has 0 aliphatic rings. The molecule has 0 aromatic carbocycles. The number of nitrogens with zero attached hydrogens (tertiary/aromatic N) is 1. The zero-order valence-electron chi connectivity index (χ0n) is 10.0. The lowest BCUT2D eigenvalue weighted by Crippen LogP contribution is -2.45. The summed E-state index contributed by atoms with van der Waals surface area (Å²) >= 11 is 0. The Bertz CT molecular complexity index is 645. The highest BCUT2D eigenvalue weighted by molar-refractivity contribution is 5.86. The summed E-state index contributed by atoms with van der Waals surface area (Å²) in [5.41, 5.74) is -1.28. The lowest BCUT2D eigenvalue weighted by atomic mass is 10.2. The van der Waals surface area contributed by atoms with Crippen molar-refractivity contribution in [3.05, 3.63) is 32.8 Å². The zero-order valence-corrected chi connectivity index (χ0v) is 10.0. The van der Waals surface area contributed by atoms with Crippen LogP contribution in [-0.2, 0) is 20.9 Å². The molecule has 0 saturated carbocycles. The van der Waals surface area contributed by atoms with E-state index in [1.807, 2.05) is 5.32 Å². The Balaban J connectivity index is 2.78. The molecule has 0 fully saturated rings. The molecule has 0 spiro atoms. The van der Waals surface area contributed by atoms with Gasteiger partial charge in [-0.25, -0.2) is 9.48 Å². The molecule has 0 aliphatic carbocycles. The predicted octanol–water partition coefficient (Wildman–Crippen LogP) is -2.42. The molecule has 0 saturated heterocycles. The number of amides is 1. The summed E-state index contributed by atoms with van der Waals surface area (Å²) < 4.78 is 0.678. The Morgan fingerprint density at radius 3 is 2.45 bits per heavy atom. The zero-order chi connectivity index (χ0) is 15.3. The number of carboxylic acid groups (broad SMARTS) is 2. The number of carbonyl (C=O) groups excluding carboxylic acids is 1. The number of carboxylic acids is 2. The van der Waals surface area contributed by atoms with E-state index >= 15 is 0 Å². The van der Waals surface area contributed by atoms with Crippen molar-refractivity contribution < 1.29 is 24.6 Å². The van der Waals surface area contributed by atoms with E-state index in [9.17, 15) is 24.0 Å². The molecule has 0 radical (unpaired) electrons. The summed E-state index contributed by atoms with van der Waals surface area (Å²) in [5.74, 6) is -3.83. The normalized spacial score (nSPS) is 11.6. The number of aliphatic carboxylic acids is 2. The van der Waals surface area contributed by atoms with Gasteiger partial charge in [-0.1, -0.05) is 0 Å². The number of aromatic nitrogens is 2. The molecule has 10 heteroatoms. The Morgan fingerprint density at radius 1 is 1.25 bits per heavy atom. The van der Waals surface area contributed by atoms with Crippen LogP contribution in [0.4, 0.5) is 0 Å². The van der Waals surface area contributed by atoms with E-state index in [4.69, 9.17) is 10.2 Å². The van der Waals surface area contributed by atoms with Crippen molar-refractivity contribution in [3.8, 4) is 0 Å². The van der Waals surface area contributed by atoms with Crippen molar-refractivity contribution in [2.45, 2.75) is 19.0 Å². The van der Waals surface area contributed by atoms with Crippen molar-refractivity contribution in [2.24, 2.45) is 0 Å². The highest BCUT2D eigenvalue weighted by Gasteiger charge is 2.23. The predicted molar refractivity (Wildman–Crippen MR) is 63.1 cm³/mol. The SMILES string of the molecule is O=C(O)C[C@@H](NC(=O)Cn1[nH]c(=O)ccc1=O)C(=O)O. The van der Waals surface area contributed by atoms with Crippen molar-refractivity contribution in [1.82, 2.24) is 15.1 Å². The Morgan fingerprint density at radius 2 is 1.90 bits per heavy atom. The summed E-state index contributed by atoms with van der Waals surface area (Å²) in [5, 5.41) is 21.2. The fourth-order valence-electron chi connectivity index (χ4n) is 1.34. The summed E-state index contributed by atoms with van der Waals surface area (Å²) in [6.45, 7) is -0.627. The largest absolute Gasteiger partial charge is 0.481 e. The number of rotatable bonds is 6. The minimum atomic E-state index is -1.62. The van der Waals surface area contributed by atoms with Gasteiger partial charge in [0.15, 0.2) is 0 Å². The van der Waals surface area contributed by atoms with E-state index in [2.05, 4.69) is 5.10 Å². The van der Waals surface area contributed by atoms with Crippen LogP contribution in [0.15, 0.2) is 21.7 Å². The fraction of sp³-hybridized carbons (Fsp3) is 0.300. The van der Waals surface area contributed by atoms with Gasteiger partial charge in [0.05, 0.1) is 6.42 Å². The van der Waals surface area contributed by atoms with Crippen molar-refractivity contribution in [2.75, 3.05) is 0 Å². The van der Waals surface area contributed by atoms with E-state index < -0.39 is 48.0 Å². The first kappa shape index (κ1) is 15.1. The lowest BCUT2D eigenvalue weighted by Gasteiger charge is -2.12. The number of carbonyl (C=O) groups is 3. The van der Waals surface area contributed by atoms with Crippen LogP contribution in [0.25, 0.3) is 0 Å². The molecule has 1 heterocycles. The molecular formula is C10H11N3O7. The molecule has 1 atom stereocenters. The third kappa shape index (κ3) is 4.40. The van der Waals surface area contributed by atoms with Gasteiger partial charge in [0.2, 0.25) is 5.91 Å². The summed E-state index contributed by atoms with van der Waals surface area (Å²) in [7, 11) is 0. The molecular weight excluding hydrogens is 274 g/mol. The highest BCUT2D eigenvalue weighted by atomic mass is 16.4. The van der Waals surface area contributed by atoms with Gasteiger partial charge in [-0.15, -0.1) is 0 Å². The van der Waals surface area contributed by atoms with E-state index in [0.717, 1.165) is 12.1 Å². The van der Waals surface area contributed by atoms with Crippen LogP contribution in [0, 0.1) is 0 Å². The van der Waals surface area contributed by atoms with Crippen LogP contribution < -0.4 is 16.4 Å². The monoisotopic (exact) mass is 285 g/mol. The maximum atomic E-state index is 11.5. The van der Waals surface area contributed by atoms with E-state index in [-0.39, 0.29) is 0 Å². The molecule has 1 rings (SSSR count). The van der Waals surface area contributed by atoms with E-state index in [1.54, 1.807) is 0 Å². The third-order valence-corrected chi connectivity index (χ3v) is 2.20. The second-order valence-electron chi connectivity index (χ2n) is 3.79. The quantitative estimate of drug-likeness (QED) is 0.452. The van der Waals surface area contributed by atoms with E-state index in [0.29, 0.717) is 4.68 Å². The van der Waals surface area contributed by atoms with Crippen molar-refractivity contribution in [3.63, 3.8) is 0 Å². The fourth-order valence-corrected chi connectivity index (χ4v) is 1.34. The average molecular weight is 285 g/mol. The van der Waals surface area contributed by atoms with Crippen LogP contribution in [0.3, 0.4) is 0 Å². The topological polar surface area (TPSA) is 159 Å². The summed E-state index contributed by atoms with van der Waals surface area (Å²) in [4.78, 5) is 55.0. The van der Waals surface area contributed by atoms with Crippen LogP contribution >= 0.6 is 0 Å². The van der Waals surface area contributed by atoms with E-state index in [1.165, 1.54) is 0 Å². The molecule has 20 heavy (non-hydrogen) atoms. The minimum Gasteiger partial charge on any atom is -0.481 e. The van der Waals surface area contributed by atoms with Gasteiger partial charge in [-0.05, 0) is 0 Å². The highest BCUT2D eigenvalue weighted by Crippen LogP contribution is 1.93. The van der Waals surface area contributed by atoms with Crippen LogP contribution in [0.2, 0.25) is 0 Å². The number of nitrogens with one attached hydrogen (secondary N) is 2. The van der Waals surface area contributed by atoms with Gasteiger partial charge in [0.25, 0.3) is 11.1 Å². The van der Waals surface area contributed by atoms with Crippen molar-refractivity contribution >= 4 is 17.8 Å². The van der Waals surface area contributed by atoms with Gasteiger partial charge in [-0.3, -0.25) is 24.3 Å². The second-order valence-corrected chi connectivity index (χ2v) is 3.79. The number of hydrogen-bond donors (Lipinski definition) is 4. The minimum absolute atomic E-state index is 0.613. The van der Waals surface area contributed by atoms with Gasteiger partial charge in [-0.2, -0.15) is 0 Å². The number of H-pyrrole nitrogens is 1. The van der Waals surface area contributed by atoms with Crippen LogP contribution in [0.5, 0.6) is 0 Å². The molecule has 0 unspecified atom stereocenters. The Labute approximate surface area is 110 Å². The smallest absolute Gasteiger partial charge is 0.326 e. The molecule has 4 N–H and O–H groups in total. The number of hydrogen-bond acceptors (Lipinski definition) is 5. The molecule has 108 valence electrons. The Kier molecular flexibility index (Phi) is 4.78. The van der Waals surface area contributed by atoms with Crippen LogP contribution in [0.1, 0.15) is 6.42 Å². The Hall–Kier alpha value is -2.91. The average Bonchev–Trinajstić information content (AvgIpc) is 2.32. The first-order valence-electron chi connectivity index (χ1n) is 5.33. The number of aromatic amines is 1. The molecule has 0 bridgehead atoms. The molecule has 1 aromatic heterocycles. The lowest BCUT2D eigenvalue weighted by molar-refractivity contribution is -0.147. The molecule has 1 aromatic rings. The third-order valence-electron chi connectivity index (χ3n) is 2.20. The maximum Gasteiger partial charge on any atom is 0.326 e. The molecule has 0 aliphatic heterocycles. The molecule has 1 amide bonds. The second kappa shape index (κ2) is 6.31. The maximum absolute atomic E-state index is 11.5. The van der Waals surface area contributed by atoms with Crippen molar-refractivity contribution in [1.29, 1.82) is 0 Å². The first-order valence-corrected chi connectivity index (χ1v) is 5.33. The standard InChI is InChI=1S/C10H11N3O7/c14-6-1-2-8(16)13(12-6)4-7(15)11-5(10(19)20)3-9(17)18/h1-2,5H,3-4H2,(H,11,15)(H,12,14)(H,17,18)(H,19,20)/t5-/m1/s1. The van der Waals surface area contributed by atoms with Crippen LogP contribution in [-0.4, -0.2) is 43.9 Å². The summed E-state index contributed by atoms with van der Waals surface area (Å²) in [6, 6.07) is 0.297. The van der Waals surface area contributed by atoms with Gasteiger partial charge in [0.1, 0.15) is 12.6 Å². The van der Waals surface area contributed by atoms with Gasteiger partial charge < -0.3 is 15.5 Å².